The van der Waals surface area contributed by atoms with E-state index < -0.39 is 0 Å². The van der Waals surface area contributed by atoms with Gasteiger partial charge in [-0.15, -0.1) is 0 Å². The second-order valence-electron chi connectivity index (χ2n) is 8.03. The number of hydrogen-bond acceptors (Lipinski definition) is 5. The van der Waals surface area contributed by atoms with Gasteiger partial charge in [-0.25, -0.2) is 9.97 Å². The quantitative estimate of drug-likeness (QED) is 0.656. The summed E-state index contributed by atoms with van der Waals surface area (Å²) in [5, 5.41) is 8.07. The molecule has 2 fully saturated rings. The Bertz CT molecular complexity index is 1090. The van der Waals surface area contributed by atoms with Crippen molar-refractivity contribution >= 4 is 28.3 Å². The van der Waals surface area contributed by atoms with E-state index in [2.05, 4.69) is 33.6 Å². The zero-order valence-electron chi connectivity index (χ0n) is 15.8. The Hall–Kier alpha value is -2.99. The summed E-state index contributed by atoms with van der Waals surface area (Å²) in [4.78, 5) is 21.6. The van der Waals surface area contributed by atoms with E-state index in [0.717, 1.165) is 53.5 Å². The molecule has 2 aromatic heterocycles. The minimum absolute atomic E-state index is 0.0664. The van der Waals surface area contributed by atoms with E-state index >= 15 is 0 Å². The van der Waals surface area contributed by atoms with Gasteiger partial charge in [0.25, 0.3) is 0 Å². The number of hydrogen-bond donors (Lipinski definition) is 3. The average Bonchev–Trinajstić information content (AvgIpc) is 3.18. The van der Waals surface area contributed by atoms with Crippen LogP contribution in [0.4, 0.5) is 11.6 Å². The fourth-order valence-corrected chi connectivity index (χ4v) is 4.41. The van der Waals surface area contributed by atoms with Gasteiger partial charge < -0.3 is 16.4 Å². The molecule has 6 nitrogen and oxygen atoms in total. The van der Waals surface area contributed by atoms with Gasteiger partial charge in [-0.05, 0) is 54.8 Å². The summed E-state index contributed by atoms with van der Waals surface area (Å²) in [6.07, 6.45) is 3.74. The van der Waals surface area contributed by atoms with E-state index in [4.69, 9.17) is 5.73 Å². The van der Waals surface area contributed by atoms with Crippen LogP contribution in [0.1, 0.15) is 18.4 Å². The highest BCUT2D eigenvalue weighted by molar-refractivity contribution is 5.98. The molecule has 0 unspecified atom stereocenters. The molecule has 1 aliphatic heterocycles. The normalized spacial score (nSPS) is 23.2. The van der Waals surface area contributed by atoms with Gasteiger partial charge in [0, 0.05) is 29.6 Å². The van der Waals surface area contributed by atoms with Crippen LogP contribution in [0, 0.1) is 18.3 Å². The van der Waals surface area contributed by atoms with Crippen molar-refractivity contribution in [3.63, 3.8) is 0 Å². The fraction of sp³-hybridized carbons (Fsp3) is 0.318. The van der Waals surface area contributed by atoms with Crippen molar-refractivity contribution < 1.29 is 4.79 Å². The lowest BCUT2D eigenvalue weighted by molar-refractivity contribution is -0.118. The van der Waals surface area contributed by atoms with Gasteiger partial charge >= 0.3 is 0 Å². The number of carbonyl (C=O) groups excluding carboxylic acids is 1. The predicted molar refractivity (Wildman–Crippen MR) is 111 cm³/mol. The molecule has 6 heteroatoms. The predicted octanol–water partition coefficient (Wildman–Crippen LogP) is 3.13. The van der Waals surface area contributed by atoms with E-state index in [-0.39, 0.29) is 17.2 Å². The summed E-state index contributed by atoms with van der Waals surface area (Å²) in [5.74, 6) is 1.16. The SMILES string of the molecule is Cc1ccccc1-c1cc2cc(NC(=O)[C@H]3C[C@]34CCNC4)ncc2c(N)n1. The number of carbonyl (C=O) groups is 1. The van der Waals surface area contributed by atoms with Crippen LogP contribution in [-0.2, 0) is 4.79 Å². The number of benzene rings is 1. The molecular formula is C22H23N5O. The zero-order valence-corrected chi connectivity index (χ0v) is 15.8. The number of aryl methyl sites for hydroxylation is 1. The number of aromatic nitrogens is 2. The number of nitrogens with two attached hydrogens (primary N) is 1. The van der Waals surface area contributed by atoms with Crippen LogP contribution < -0.4 is 16.4 Å². The highest BCUT2D eigenvalue weighted by Crippen LogP contribution is 2.56. The van der Waals surface area contributed by atoms with Crippen molar-refractivity contribution in [1.29, 1.82) is 0 Å². The smallest absolute Gasteiger partial charge is 0.229 e. The Balaban J connectivity index is 1.45. The minimum Gasteiger partial charge on any atom is -0.383 e. The van der Waals surface area contributed by atoms with E-state index in [1.807, 2.05) is 30.3 Å². The summed E-state index contributed by atoms with van der Waals surface area (Å²) in [7, 11) is 0. The highest BCUT2D eigenvalue weighted by Gasteiger charge is 2.58. The molecule has 0 radical (unpaired) electrons. The molecule has 1 saturated carbocycles. The number of fused-ring (bicyclic) bond motifs is 1. The van der Waals surface area contributed by atoms with Crippen LogP contribution in [0.2, 0.25) is 0 Å². The van der Waals surface area contributed by atoms with Crippen LogP contribution in [0.5, 0.6) is 0 Å². The number of anilines is 2. The molecule has 1 aliphatic carbocycles. The summed E-state index contributed by atoms with van der Waals surface area (Å²) in [5.41, 5.74) is 9.37. The molecule has 0 bridgehead atoms. The first-order valence-electron chi connectivity index (χ1n) is 9.70. The minimum atomic E-state index is 0.0664. The number of pyridine rings is 2. The molecule has 4 N–H and O–H groups in total. The Morgan fingerprint density at radius 2 is 2.18 bits per heavy atom. The second-order valence-corrected chi connectivity index (χ2v) is 8.03. The topological polar surface area (TPSA) is 92.9 Å². The zero-order chi connectivity index (χ0) is 19.3. The largest absolute Gasteiger partial charge is 0.383 e. The summed E-state index contributed by atoms with van der Waals surface area (Å²) in [6, 6.07) is 12.0. The molecule has 1 saturated heterocycles. The maximum absolute atomic E-state index is 12.7. The number of nitrogens with one attached hydrogen (secondary N) is 2. The first-order chi connectivity index (χ1) is 13.6. The van der Waals surface area contributed by atoms with E-state index in [0.29, 0.717) is 11.6 Å². The molecule has 3 heterocycles. The molecule has 1 spiro atoms. The lowest BCUT2D eigenvalue weighted by Crippen LogP contribution is -2.20. The number of rotatable bonds is 3. The Labute approximate surface area is 163 Å². The van der Waals surface area contributed by atoms with Crippen molar-refractivity contribution in [3.8, 4) is 11.3 Å². The molecular weight excluding hydrogens is 350 g/mol. The molecule has 142 valence electrons. The van der Waals surface area contributed by atoms with Gasteiger partial charge in [0.1, 0.15) is 11.6 Å². The third-order valence-electron chi connectivity index (χ3n) is 6.20. The first kappa shape index (κ1) is 17.1. The highest BCUT2D eigenvalue weighted by atomic mass is 16.2. The Kier molecular flexibility index (Phi) is 3.84. The van der Waals surface area contributed by atoms with Gasteiger partial charge in [0.05, 0.1) is 5.69 Å². The average molecular weight is 373 g/mol. The molecule has 3 aromatic rings. The van der Waals surface area contributed by atoms with Crippen LogP contribution in [0.3, 0.4) is 0 Å². The maximum Gasteiger partial charge on any atom is 0.229 e. The van der Waals surface area contributed by atoms with Crippen molar-refractivity contribution in [2.45, 2.75) is 19.8 Å². The van der Waals surface area contributed by atoms with Gasteiger partial charge in [-0.1, -0.05) is 24.3 Å². The van der Waals surface area contributed by atoms with Crippen LogP contribution in [-0.4, -0.2) is 29.0 Å². The maximum atomic E-state index is 12.7. The number of amides is 1. The molecule has 2 atom stereocenters. The number of nitrogens with zero attached hydrogens (tertiary/aromatic N) is 2. The van der Waals surface area contributed by atoms with Gasteiger partial charge in [0.2, 0.25) is 5.91 Å². The lowest BCUT2D eigenvalue weighted by Gasteiger charge is -2.11. The third-order valence-corrected chi connectivity index (χ3v) is 6.20. The van der Waals surface area contributed by atoms with E-state index in [1.165, 1.54) is 0 Å². The van der Waals surface area contributed by atoms with Crippen molar-refractivity contribution in [2.75, 3.05) is 24.1 Å². The van der Waals surface area contributed by atoms with Crippen LogP contribution in [0.15, 0.2) is 42.6 Å². The van der Waals surface area contributed by atoms with E-state index in [1.54, 1.807) is 6.20 Å². The van der Waals surface area contributed by atoms with E-state index in [9.17, 15) is 4.79 Å². The standard InChI is InChI=1S/C22H23N5O/c1-13-4-2-3-5-15(13)18-8-14-9-19(25-11-16(14)20(23)26-18)27-21(28)17-10-22(17)6-7-24-12-22/h2-5,8-9,11,17,24H,6-7,10,12H2,1H3,(H2,23,26)(H,25,27,28)/t17-,22+/m1/s1. The Morgan fingerprint density at radius 1 is 1.32 bits per heavy atom. The molecule has 2 aliphatic rings. The van der Waals surface area contributed by atoms with Crippen molar-refractivity contribution in [3.05, 3.63) is 48.2 Å². The third kappa shape index (κ3) is 2.81. The monoisotopic (exact) mass is 373 g/mol. The second kappa shape index (κ2) is 6.27. The fourth-order valence-electron chi connectivity index (χ4n) is 4.41. The van der Waals surface area contributed by atoms with Gasteiger partial charge in [0.15, 0.2) is 0 Å². The molecule has 1 amide bonds. The lowest BCUT2D eigenvalue weighted by atomic mass is 10.0. The van der Waals surface area contributed by atoms with Crippen molar-refractivity contribution in [2.24, 2.45) is 11.3 Å². The van der Waals surface area contributed by atoms with Gasteiger partial charge in [-0.3, -0.25) is 4.79 Å². The van der Waals surface area contributed by atoms with Crippen LogP contribution >= 0.6 is 0 Å². The molecule has 28 heavy (non-hydrogen) atoms. The Morgan fingerprint density at radius 3 is 2.96 bits per heavy atom. The summed E-state index contributed by atoms with van der Waals surface area (Å²) >= 11 is 0. The molecule has 5 rings (SSSR count). The number of nitrogen functional groups attached to an aromatic ring is 1. The molecule has 1 aromatic carbocycles. The first-order valence-corrected chi connectivity index (χ1v) is 9.70. The summed E-state index contributed by atoms with van der Waals surface area (Å²) < 4.78 is 0. The van der Waals surface area contributed by atoms with Crippen LogP contribution in [0.25, 0.3) is 22.0 Å². The van der Waals surface area contributed by atoms with Gasteiger partial charge in [-0.2, -0.15) is 0 Å². The van der Waals surface area contributed by atoms with Crippen molar-refractivity contribution in [1.82, 2.24) is 15.3 Å². The summed E-state index contributed by atoms with van der Waals surface area (Å²) in [6.45, 7) is 4.00.